The van der Waals surface area contributed by atoms with Crippen LogP contribution in [0.3, 0.4) is 0 Å². The minimum atomic E-state index is 0.591. The maximum absolute atomic E-state index is 5.54. The Kier molecular flexibility index (Phi) is 9.84. The van der Waals surface area contributed by atoms with Crippen molar-refractivity contribution in [2.45, 2.75) is 13.8 Å². The average molecular weight is 975 g/mol. The van der Waals surface area contributed by atoms with E-state index in [1.54, 1.807) is 0 Å². The van der Waals surface area contributed by atoms with Crippen LogP contribution in [0.2, 0.25) is 0 Å². The zero-order valence-corrected chi connectivity index (χ0v) is 41.7. The number of imidazole rings is 4. The second-order valence-corrected chi connectivity index (χ2v) is 19.6. The van der Waals surface area contributed by atoms with Crippen molar-refractivity contribution in [2.75, 3.05) is 0 Å². The highest BCUT2D eigenvalue weighted by atomic mass is 15.2. The fraction of sp³-hybridized carbons (Fsp3) is 0.0294. The molecule has 15 aromatic rings. The molecule has 0 N–H and O–H groups in total. The van der Waals surface area contributed by atoms with Gasteiger partial charge in [-0.15, -0.1) is 0 Å². The van der Waals surface area contributed by atoms with E-state index < -0.39 is 0 Å². The van der Waals surface area contributed by atoms with Crippen LogP contribution in [0.4, 0.5) is 0 Å². The van der Waals surface area contributed by atoms with E-state index >= 15 is 0 Å². The first-order chi connectivity index (χ1) is 37.6. The van der Waals surface area contributed by atoms with Gasteiger partial charge in [-0.05, 0) is 141 Å². The molecule has 5 heterocycles. The normalized spacial score (nSPS) is 11.8. The Hall–Kier alpha value is -10.2. The second kappa shape index (κ2) is 17.2. The fourth-order valence-corrected chi connectivity index (χ4v) is 11.9. The Labute approximate surface area is 437 Å². The lowest BCUT2D eigenvalue weighted by Gasteiger charge is -2.25. The van der Waals surface area contributed by atoms with E-state index in [9.17, 15) is 0 Å². The Bertz CT molecular complexity index is 4640. The molecule has 0 amide bonds. The minimum Gasteiger partial charge on any atom is -0.278 e. The second-order valence-electron chi connectivity index (χ2n) is 19.6. The van der Waals surface area contributed by atoms with Gasteiger partial charge >= 0.3 is 0 Å². The molecular formula is C68H46N8. The molecular weight excluding hydrogens is 929 g/mol. The monoisotopic (exact) mass is 974 g/mol. The van der Waals surface area contributed by atoms with E-state index in [2.05, 4.69) is 262 Å². The van der Waals surface area contributed by atoms with E-state index in [1.165, 1.54) is 22.3 Å². The van der Waals surface area contributed by atoms with Crippen molar-refractivity contribution in [3.8, 4) is 78.3 Å². The maximum Gasteiger partial charge on any atom is 0.223 e. The molecule has 76 heavy (non-hydrogen) atoms. The molecule has 0 bridgehead atoms. The number of benzene rings is 10. The molecule has 0 saturated carbocycles. The van der Waals surface area contributed by atoms with Gasteiger partial charge in [0.2, 0.25) is 11.6 Å². The lowest BCUT2D eigenvalue weighted by atomic mass is 9.79. The smallest absolute Gasteiger partial charge is 0.223 e. The summed E-state index contributed by atoms with van der Waals surface area (Å²) in [4.78, 5) is 21.2. The average Bonchev–Trinajstić information content (AvgIpc) is 4.22. The van der Waals surface area contributed by atoms with Gasteiger partial charge in [-0.2, -0.15) is 4.98 Å². The van der Waals surface area contributed by atoms with Crippen LogP contribution >= 0.6 is 0 Å². The van der Waals surface area contributed by atoms with Gasteiger partial charge in [0.25, 0.3) is 0 Å². The van der Waals surface area contributed by atoms with Gasteiger partial charge in [-0.3, -0.25) is 17.9 Å². The van der Waals surface area contributed by atoms with E-state index in [0.29, 0.717) is 11.3 Å². The van der Waals surface area contributed by atoms with Gasteiger partial charge in [-0.25, -0.2) is 15.0 Å². The molecule has 0 aliphatic rings. The number of aryl methyl sites for hydroxylation is 2. The van der Waals surface area contributed by atoms with Gasteiger partial charge in [0.1, 0.15) is 0 Å². The maximum atomic E-state index is 5.54. The highest BCUT2D eigenvalue weighted by molar-refractivity contribution is 6.08. The number of hydrogen-bond acceptors (Lipinski definition) is 4. The number of fused-ring (bicyclic) bond motifs is 10. The molecule has 8 nitrogen and oxygen atoms in total. The van der Waals surface area contributed by atoms with Crippen molar-refractivity contribution in [2.24, 2.45) is 0 Å². The molecule has 8 heteroatoms. The van der Waals surface area contributed by atoms with E-state index in [4.69, 9.17) is 19.9 Å². The van der Waals surface area contributed by atoms with Gasteiger partial charge in [0.15, 0.2) is 11.3 Å². The molecule has 0 radical (unpaired) electrons. The van der Waals surface area contributed by atoms with Crippen LogP contribution < -0.4 is 0 Å². The molecule has 0 unspecified atom stereocenters. The first kappa shape index (κ1) is 43.4. The van der Waals surface area contributed by atoms with E-state index in [0.717, 1.165) is 112 Å². The fourth-order valence-electron chi connectivity index (χ4n) is 11.9. The first-order valence-corrected chi connectivity index (χ1v) is 25.7. The third-order valence-corrected chi connectivity index (χ3v) is 15.1. The number of para-hydroxylation sites is 5. The molecule has 358 valence electrons. The number of hydrogen-bond donors (Lipinski definition) is 0. The third kappa shape index (κ3) is 6.64. The number of rotatable bonds is 8. The van der Waals surface area contributed by atoms with Gasteiger partial charge in [-0.1, -0.05) is 176 Å². The lowest BCUT2D eigenvalue weighted by Crippen LogP contribution is -2.00. The van der Waals surface area contributed by atoms with Crippen LogP contribution in [0.1, 0.15) is 11.1 Å². The van der Waals surface area contributed by atoms with Crippen LogP contribution in [0.5, 0.6) is 0 Å². The molecule has 0 spiro atoms. The zero-order valence-electron chi connectivity index (χ0n) is 41.7. The molecule has 0 atom stereocenters. The summed E-state index contributed by atoms with van der Waals surface area (Å²) in [7, 11) is 0. The minimum absolute atomic E-state index is 0.591. The van der Waals surface area contributed by atoms with Crippen molar-refractivity contribution in [3.63, 3.8) is 0 Å². The zero-order chi connectivity index (χ0) is 50.4. The van der Waals surface area contributed by atoms with Gasteiger partial charge in [0, 0.05) is 16.9 Å². The van der Waals surface area contributed by atoms with Crippen LogP contribution in [0, 0.1) is 13.8 Å². The summed E-state index contributed by atoms with van der Waals surface area (Å²) in [5, 5.41) is 0. The summed E-state index contributed by atoms with van der Waals surface area (Å²) in [5.74, 6) is 1.60. The summed E-state index contributed by atoms with van der Waals surface area (Å²) >= 11 is 0. The first-order valence-electron chi connectivity index (χ1n) is 25.7. The molecule has 0 saturated heterocycles. The van der Waals surface area contributed by atoms with Gasteiger partial charge < -0.3 is 0 Å². The summed E-state index contributed by atoms with van der Waals surface area (Å²) in [5.41, 5.74) is 24.9. The van der Waals surface area contributed by atoms with Crippen LogP contribution in [-0.4, -0.2) is 37.9 Å². The predicted octanol–water partition coefficient (Wildman–Crippen LogP) is 16.6. The van der Waals surface area contributed by atoms with Crippen molar-refractivity contribution in [1.82, 2.24) is 37.9 Å². The molecule has 5 aromatic heterocycles. The molecule has 0 aliphatic heterocycles. The molecule has 15 rings (SSSR count). The highest BCUT2D eigenvalue weighted by Gasteiger charge is 2.27. The number of aromatic nitrogens is 8. The topological polar surface area (TPSA) is 70.2 Å². The van der Waals surface area contributed by atoms with Crippen molar-refractivity contribution >= 4 is 55.9 Å². The molecule has 0 fully saturated rings. The van der Waals surface area contributed by atoms with Crippen LogP contribution in [0.25, 0.3) is 134 Å². The van der Waals surface area contributed by atoms with Crippen molar-refractivity contribution in [1.29, 1.82) is 0 Å². The largest absolute Gasteiger partial charge is 0.278 e. The van der Waals surface area contributed by atoms with Crippen LogP contribution in [0.15, 0.2) is 243 Å². The van der Waals surface area contributed by atoms with E-state index in [1.807, 2.05) is 12.3 Å². The standard InChI is InChI=1S/C68H46N8/c1-43-39-54-64(44(2)60(43)55-42-69-66-65(70-55)72-68-73(50-32-16-7-17-33-50)57-36-19-21-38-59(57)76(66)68)75-58-37-20-18-35-56(58)74(67(75)71-54)51-34-22-31-49(40-51)63-61(47-27-12-5-13-28-47)52(45-23-8-3-9-24-45)41-53(46-25-10-4-11-26-46)62(63)48-29-14-6-15-30-48/h3-42H,1-2H3. The molecule has 10 aromatic carbocycles. The third-order valence-electron chi connectivity index (χ3n) is 15.1. The Morgan fingerprint density at radius 3 is 1.42 bits per heavy atom. The predicted molar refractivity (Wildman–Crippen MR) is 310 cm³/mol. The number of nitrogens with zero attached hydrogens (tertiary/aromatic N) is 8. The summed E-state index contributed by atoms with van der Waals surface area (Å²) in [6, 6.07) is 84.4. The van der Waals surface area contributed by atoms with Crippen molar-refractivity contribution in [3.05, 3.63) is 254 Å². The highest BCUT2D eigenvalue weighted by Crippen LogP contribution is 2.51. The SMILES string of the molecule is Cc1cc2nc3n(-c4cccc(-c5c(-c6ccccc6)c(-c6ccccc6)cc(-c6ccccc6)c5-c5ccccc5)c4)c4ccccc4n3c2c(C)c1-c1cnc2c(n1)nc1n(-c3ccccc3)c3ccccc3n21. The Balaban J connectivity index is 0.955. The summed E-state index contributed by atoms with van der Waals surface area (Å²) < 4.78 is 8.96. The Morgan fingerprint density at radius 1 is 0.355 bits per heavy atom. The summed E-state index contributed by atoms with van der Waals surface area (Å²) in [6.07, 6.45) is 1.91. The lowest BCUT2D eigenvalue weighted by molar-refractivity contribution is 1.10. The summed E-state index contributed by atoms with van der Waals surface area (Å²) in [6.45, 7) is 4.34. The van der Waals surface area contributed by atoms with Gasteiger partial charge in [0.05, 0.1) is 45.0 Å². The quantitative estimate of drug-likeness (QED) is 0.152. The molecule has 0 aliphatic carbocycles. The van der Waals surface area contributed by atoms with Crippen molar-refractivity contribution < 1.29 is 0 Å². The van der Waals surface area contributed by atoms with E-state index in [-0.39, 0.29) is 0 Å². The van der Waals surface area contributed by atoms with Crippen LogP contribution in [-0.2, 0) is 0 Å². The Morgan fingerprint density at radius 2 is 0.829 bits per heavy atom.